The van der Waals surface area contributed by atoms with Crippen LogP contribution in [0.5, 0.6) is 17.4 Å². The molecular formula is C79H102Cl2N10O9S6. The number of sulfonamides is 3. The number of pyridine rings is 1. The van der Waals surface area contributed by atoms with Crippen molar-refractivity contribution in [1.29, 1.82) is 0 Å². The first-order valence-electron chi connectivity index (χ1n) is 35.6. The molecule has 5 aromatic carbocycles. The summed E-state index contributed by atoms with van der Waals surface area (Å²) >= 11 is 17.0. The first-order valence-corrected chi connectivity index (χ1v) is 43.3. The summed E-state index contributed by atoms with van der Waals surface area (Å²) in [7, 11) is -7.50. The number of aromatic nitrogens is 4. The smallest absolute Gasteiger partial charge is 0.267 e. The molecule has 0 spiro atoms. The Morgan fingerprint density at radius 2 is 0.736 bits per heavy atom. The maximum Gasteiger partial charge on any atom is 0.267 e. The zero-order valence-corrected chi connectivity index (χ0v) is 68.5. The standard InChI is InChI=1S/C27H35N3O3S2.C26H32ClN3O3S2.C25H31ClN4O3S2.CH4/c1-18-11-9-10-14-22(18)30-35(31,32)24-17-20(15-16-23(24)33-5)25-19(2)28-26(34-25)29-27(3,4)21-12-7-6-8-13-21;1-17-24(34-25(28-17)29-26(2,3)19-10-6-5-7-11-19)18-14-15-22(33-4)23(16-18)35(31,32)30-21-13-9-8-12-20(21)27;1-16-22(34-24(28-16)29-25(2,3)18-10-6-5-7-11-18)17-14-21(23(33-4)27-15-17)35(31,32)30-20-13-9-8-12-19(20)26;/h9-11,14-17,21,30H,6-8,12-13H2,1-5H3,(H,28,29);8-9,12-16,19,30H,5-7,10-11H2,1-4H3,(H,28,29);8-9,12-15,18,30H,5-7,10-11H2,1-4H3,(H,28,29);1H4. The second-order valence-electron chi connectivity index (χ2n) is 28.9. The molecule has 27 heteroatoms. The fourth-order valence-electron chi connectivity index (χ4n) is 14.1. The molecule has 9 aromatic rings. The summed E-state index contributed by atoms with van der Waals surface area (Å²) in [5.74, 6) is 2.39. The van der Waals surface area contributed by atoms with Gasteiger partial charge in [-0.25, -0.2) is 45.2 Å². The Hall–Kier alpha value is -7.23. The molecule has 0 unspecified atom stereocenters. The molecule has 12 rings (SSSR count). The van der Waals surface area contributed by atoms with Crippen molar-refractivity contribution in [3.63, 3.8) is 0 Å². The van der Waals surface area contributed by atoms with Crippen molar-refractivity contribution in [2.45, 2.75) is 204 Å². The fourth-order valence-corrected chi connectivity index (χ4v) is 21.8. The Morgan fingerprint density at radius 3 is 1.08 bits per heavy atom. The lowest BCUT2D eigenvalue weighted by molar-refractivity contribution is 0.258. The normalized spacial score (nSPS) is 15.0. The van der Waals surface area contributed by atoms with Crippen LogP contribution in [-0.4, -0.2) is 83.1 Å². The van der Waals surface area contributed by atoms with Gasteiger partial charge < -0.3 is 30.2 Å². The molecular weight excluding hydrogens is 1500 g/mol. The van der Waals surface area contributed by atoms with Gasteiger partial charge in [-0.2, -0.15) is 0 Å². The van der Waals surface area contributed by atoms with E-state index in [1.807, 2.05) is 58.0 Å². The second kappa shape index (κ2) is 35.4. The van der Waals surface area contributed by atoms with Gasteiger partial charge in [0.25, 0.3) is 30.1 Å². The highest BCUT2D eigenvalue weighted by Gasteiger charge is 2.36. The minimum absolute atomic E-state index is 0. The highest BCUT2D eigenvalue weighted by atomic mass is 35.5. The predicted octanol–water partition coefficient (Wildman–Crippen LogP) is 21.7. The molecule has 0 saturated heterocycles. The minimum Gasteiger partial charge on any atom is -0.495 e. The quantitative estimate of drug-likeness (QED) is 0.0329. The van der Waals surface area contributed by atoms with Crippen molar-refractivity contribution in [2.24, 2.45) is 17.8 Å². The van der Waals surface area contributed by atoms with Gasteiger partial charge in [0.15, 0.2) is 15.4 Å². The highest BCUT2D eigenvalue weighted by Crippen LogP contribution is 2.45. The van der Waals surface area contributed by atoms with Crippen molar-refractivity contribution in [3.8, 4) is 48.7 Å². The number of benzene rings is 5. The summed E-state index contributed by atoms with van der Waals surface area (Å²) in [6, 6.07) is 32.7. The molecule has 572 valence electrons. The molecule has 0 bridgehead atoms. The number of thiazole rings is 3. The molecule has 0 amide bonds. The van der Waals surface area contributed by atoms with Crippen LogP contribution < -0.4 is 44.3 Å². The summed E-state index contributed by atoms with van der Waals surface area (Å²) in [5.41, 5.74) is 6.57. The van der Waals surface area contributed by atoms with Gasteiger partial charge in [-0.05, 0) is 215 Å². The lowest BCUT2D eigenvalue weighted by atomic mass is 9.77. The van der Waals surface area contributed by atoms with Crippen LogP contribution in [0.15, 0.2) is 136 Å². The number of aryl methyl sites for hydroxylation is 4. The van der Waals surface area contributed by atoms with E-state index in [1.54, 1.807) is 114 Å². The van der Waals surface area contributed by atoms with E-state index in [4.69, 9.17) is 52.4 Å². The Labute approximate surface area is 650 Å². The zero-order chi connectivity index (χ0) is 75.7. The molecule has 0 aliphatic heterocycles. The molecule has 3 saturated carbocycles. The summed E-state index contributed by atoms with van der Waals surface area (Å²) in [6.07, 6.45) is 20.7. The van der Waals surface area contributed by atoms with Crippen LogP contribution in [-0.2, 0) is 30.1 Å². The molecule has 6 N–H and O–H groups in total. The maximum atomic E-state index is 13.4. The molecule has 19 nitrogen and oxygen atoms in total. The third kappa shape index (κ3) is 20.4. The van der Waals surface area contributed by atoms with Gasteiger partial charge in [0, 0.05) is 28.4 Å². The van der Waals surface area contributed by atoms with Crippen LogP contribution in [0.3, 0.4) is 0 Å². The van der Waals surface area contributed by atoms with Gasteiger partial charge in [-0.3, -0.25) is 14.2 Å². The number of hydrogen-bond acceptors (Lipinski definition) is 19. The van der Waals surface area contributed by atoms with Crippen molar-refractivity contribution in [1.82, 2.24) is 19.9 Å². The van der Waals surface area contributed by atoms with Gasteiger partial charge in [-0.1, -0.05) is 165 Å². The number of hydrogen-bond donors (Lipinski definition) is 6. The Kier molecular flexibility index (Phi) is 27.7. The Morgan fingerprint density at radius 1 is 0.415 bits per heavy atom. The average molecular weight is 1600 g/mol. The molecule has 3 aliphatic rings. The van der Waals surface area contributed by atoms with Crippen LogP contribution in [0.2, 0.25) is 10.0 Å². The number of nitrogens with one attached hydrogen (secondary N) is 6. The van der Waals surface area contributed by atoms with E-state index < -0.39 is 30.1 Å². The van der Waals surface area contributed by atoms with E-state index in [2.05, 4.69) is 76.6 Å². The van der Waals surface area contributed by atoms with E-state index in [0.29, 0.717) is 50.5 Å². The molecule has 3 aliphatic carbocycles. The fraction of sp³-hybridized carbons (Fsp3) is 0.443. The first-order chi connectivity index (χ1) is 49.8. The topological polar surface area (TPSA) is 254 Å². The van der Waals surface area contributed by atoms with Crippen LogP contribution in [0.1, 0.15) is 168 Å². The van der Waals surface area contributed by atoms with Crippen LogP contribution in [0.25, 0.3) is 31.3 Å². The second-order valence-corrected chi connectivity index (χ2v) is 37.7. The third-order valence-electron chi connectivity index (χ3n) is 20.2. The highest BCUT2D eigenvalue weighted by molar-refractivity contribution is 7.93. The van der Waals surface area contributed by atoms with Crippen LogP contribution in [0, 0.1) is 45.4 Å². The number of halogens is 2. The third-order valence-corrected chi connectivity index (χ3v) is 28.3. The predicted molar refractivity (Wildman–Crippen MR) is 440 cm³/mol. The maximum absolute atomic E-state index is 13.4. The number of para-hydroxylation sites is 3. The number of nitrogens with zero attached hydrogens (tertiary/aromatic N) is 4. The zero-order valence-electron chi connectivity index (χ0n) is 62.1. The lowest BCUT2D eigenvalue weighted by Crippen LogP contribution is -2.40. The summed E-state index contributed by atoms with van der Waals surface area (Å²) in [4.78, 5) is 21.4. The Balaban J connectivity index is 0.000000183. The largest absolute Gasteiger partial charge is 0.495 e. The summed E-state index contributed by atoms with van der Waals surface area (Å²) in [6.45, 7) is 21.2. The molecule has 0 radical (unpaired) electrons. The summed E-state index contributed by atoms with van der Waals surface area (Å²) < 4.78 is 104. The molecule has 106 heavy (non-hydrogen) atoms. The molecule has 3 fully saturated rings. The van der Waals surface area contributed by atoms with E-state index >= 15 is 0 Å². The van der Waals surface area contributed by atoms with Gasteiger partial charge in [-0.15, -0.1) is 0 Å². The van der Waals surface area contributed by atoms with E-state index in [-0.39, 0.29) is 56.0 Å². The van der Waals surface area contributed by atoms with Crippen LogP contribution >= 0.6 is 57.2 Å². The lowest BCUT2D eigenvalue weighted by Gasteiger charge is -2.37. The van der Waals surface area contributed by atoms with Gasteiger partial charge >= 0.3 is 0 Å². The first kappa shape index (κ1) is 82.8. The van der Waals surface area contributed by atoms with Gasteiger partial charge in [0.2, 0.25) is 5.88 Å². The molecule has 4 heterocycles. The van der Waals surface area contributed by atoms with Crippen molar-refractivity contribution in [2.75, 3.05) is 51.4 Å². The van der Waals surface area contributed by atoms with Crippen molar-refractivity contribution >= 4 is 120 Å². The number of methoxy groups -OCH3 is 3. The number of anilines is 6. The van der Waals surface area contributed by atoms with Crippen molar-refractivity contribution < 1.29 is 39.5 Å². The number of ether oxygens (including phenoxy) is 3. The minimum atomic E-state index is -4.01. The molecule has 0 atom stereocenters. The average Bonchev–Trinajstić information content (AvgIpc) is 1.45. The van der Waals surface area contributed by atoms with Gasteiger partial charge in [0.1, 0.15) is 26.2 Å². The summed E-state index contributed by atoms with van der Waals surface area (Å²) in [5, 5.41) is 14.1. The number of rotatable bonds is 24. The monoisotopic (exact) mass is 1600 g/mol. The van der Waals surface area contributed by atoms with E-state index in [9.17, 15) is 25.3 Å². The van der Waals surface area contributed by atoms with E-state index in [1.165, 1.54) is 129 Å². The Bertz CT molecular complexity index is 4370. The van der Waals surface area contributed by atoms with E-state index in [0.717, 1.165) is 63.8 Å². The van der Waals surface area contributed by atoms with Gasteiger partial charge in [0.05, 0.1) is 80.2 Å². The molecule has 4 aromatic heterocycles. The SMILES string of the molecule is C.COc1ccc(-c2sc(NC(C)(C)C3CCCCC3)nc2C)cc1S(=O)(=O)Nc1ccccc1C.COc1ccc(-c2sc(NC(C)(C)C3CCCCC3)nc2C)cc1S(=O)(=O)Nc1ccccc1Cl.COc1ncc(-c2sc(NC(C)(C)C3CCCCC3)nc2C)cc1S(=O)(=O)Nc1ccccc1Cl. The van der Waals surface area contributed by atoms with Crippen LogP contribution in [0.4, 0.5) is 32.5 Å². The van der Waals surface area contributed by atoms with Crippen molar-refractivity contribution in [3.05, 3.63) is 154 Å².